The maximum Gasteiger partial charge on any atom is 0.490 e. The molecule has 0 spiro atoms. The zero-order valence-corrected chi connectivity index (χ0v) is 13.8. The number of halogens is 6. The quantitative estimate of drug-likeness (QED) is 0.206. The Morgan fingerprint density at radius 3 is 1.62 bits per heavy atom. The number of allylic oxidation sites excluding steroid dienone is 1. The van der Waals surface area contributed by atoms with E-state index in [0.717, 1.165) is 0 Å². The van der Waals surface area contributed by atoms with Crippen molar-refractivity contribution >= 4 is 17.9 Å². The number of nitrogens with one attached hydrogen (secondary N) is 1. The van der Waals surface area contributed by atoms with Crippen LogP contribution >= 0.6 is 0 Å². The number of hydrogen-bond donors (Lipinski definition) is 5. The number of aliphatic imine (C=N–C) groups is 1. The molecule has 8 nitrogen and oxygen atoms in total. The maximum absolute atomic E-state index is 10.6. The number of alkyl halides is 6. The highest BCUT2D eigenvalue weighted by Crippen LogP contribution is 2.13. The summed E-state index contributed by atoms with van der Waals surface area (Å²) >= 11 is 0. The van der Waals surface area contributed by atoms with Crippen molar-refractivity contribution in [2.24, 2.45) is 16.5 Å². The molecule has 0 atom stereocenters. The molecule has 0 aliphatic rings. The Morgan fingerprint density at radius 1 is 1.04 bits per heavy atom. The van der Waals surface area contributed by atoms with Gasteiger partial charge in [0.25, 0.3) is 0 Å². The minimum absolute atomic E-state index is 0.456. The second-order valence-electron chi connectivity index (χ2n) is 4.33. The molecule has 7 N–H and O–H groups in total. The van der Waals surface area contributed by atoms with E-state index >= 15 is 0 Å². The van der Waals surface area contributed by atoms with Gasteiger partial charge in [0.05, 0.1) is 6.54 Å². The zero-order valence-electron chi connectivity index (χ0n) is 13.8. The van der Waals surface area contributed by atoms with Crippen LogP contribution in [0.25, 0.3) is 0 Å². The van der Waals surface area contributed by atoms with Crippen molar-refractivity contribution < 1.29 is 46.1 Å². The van der Waals surface area contributed by atoms with Crippen molar-refractivity contribution in [1.82, 2.24) is 5.32 Å². The number of rotatable bonds is 4. The Kier molecular flexibility index (Phi) is 15.0. The molecule has 0 heterocycles. The van der Waals surface area contributed by atoms with Gasteiger partial charge >= 0.3 is 24.3 Å². The van der Waals surface area contributed by atoms with Crippen LogP contribution in [0.4, 0.5) is 26.3 Å². The lowest BCUT2D eigenvalue weighted by Crippen LogP contribution is -2.35. The normalized spacial score (nSPS) is 11.2. The molecule has 0 amide bonds. The van der Waals surface area contributed by atoms with Crippen LogP contribution in [0, 0.1) is 0 Å². The lowest BCUT2D eigenvalue weighted by molar-refractivity contribution is -0.193. The van der Waals surface area contributed by atoms with Crippen LogP contribution in [-0.4, -0.2) is 60.1 Å². The third-order valence-corrected chi connectivity index (χ3v) is 1.70. The molecule has 0 aromatic rings. The first-order valence-electron chi connectivity index (χ1n) is 6.53. The van der Waals surface area contributed by atoms with E-state index in [0.29, 0.717) is 25.6 Å². The van der Waals surface area contributed by atoms with Crippen LogP contribution in [0.15, 0.2) is 16.6 Å². The average molecular weight is 398 g/mol. The Balaban J connectivity index is -0.000000326. The van der Waals surface area contributed by atoms with Gasteiger partial charge in [0.1, 0.15) is 0 Å². The molecule has 0 saturated heterocycles. The number of guanidine groups is 1. The SMILES string of the molecule is CC(C)=CCN=C(N)NCCN.O=C(O)C(F)(F)F.O=C(O)C(F)(F)F. The van der Waals surface area contributed by atoms with Crippen molar-refractivity contribution in [2.75, 3.05) is 19.6 Å². The van der Waals surface area contributed by atoms with E-state index in [2.05, 4.69) is 10.3 Å². The first kappa shape index (κ1) is 28.3. The summed E-state index contributed by atoms with van der Waals surface area (Å²) in [7, 11) is 0. The molecule has 26 heavy (non-hydrogen) atoms. The fourth-order valence-corrected chi connectivity index (χ4v) is 0.583. The standard InChI is InChI=1S/C8H18N4.2C2HF3O2/c1-7(2)3-5-11-8(10)12-6-4-9;2*3-2(4,5)1(6)7/h3H,4-6,9H2,1-2H3,(H3,10,11,12);2*(H,6,7). The Labute approximate surface area is 144 Å². The molecule has 0 radical (unpaired) electrons. The fourth-order valence-electron chi connectivity index (χ4n) is 0.583. The summed E-state index contributed by atoms with van der Waals surface area (Å²) in [5.74, 6) is -5.06. The summed E-state index contributed by atoms with van der Waals surface area (Å²) in [6.07, 6.45) is -8.16. The van der Waals surface area contributed by atoms with E-state index in [1.165, 1.54) is 5.57 Å². The van der Waals surface area contributed by atoms with E-state index in [1.807, 2.05) is 19.9 Å². The van der Waals surface area contributed by atoms with Gasteiger partial charge < -0.3 is 27.0 Å². The third kappa shape index (κ3) is 23.8. The van der Waals surface area contributed by atoms with Gasteiger partial charge in [-0.25, -0.2) is 14.6 Å². The molecule has 0 aromatic carbocycles. The molecule has 0 saturated carbocycles. The topological polar surface area (TPSA) is 151 Å². The van der Waals surface area contributed by atoms with Crippen LogP contribution < -0.4 is 16.8 Å². The predicted octanol–water partition coefficient (Wildman–Crippen LogP) is 1.08. The van der Waals surface area contributed by atoms with Crippen LogP contribution in [0.2, 0.25) is 0 Å². The summed E-state index contributed by atoms with van der Waals surface area (Å²) in [4.78, 5) is 21.8. The molecule has 0 aromatic heterocycles. The Bertz CT molecular complexity index is 461. The molecule has 0 unspecified atom stereocenters. The van der Waals surface area contributed by atoms with Crippen molar-refractivity contribution in [3.63, 3.8) is 0 Å². The maximum atomic E-state index is 10.6. The Morgan fingerprint density at radius 2 is 1.38 bits per heavy atom. The number of nitrogens with two attached hydrogens (primary N) is 2. The van der Waals surface area contributed by atoms with Gasteiger partial charge in [0, 0.05) is 13.1 Å². The van der Waals surface area contributed by atoms with Crippen LogP contribution in [-0.2, 0) is 9.59 Å². The number of carbonyl (C=O) groups is 2. The van der Waals surface area contributed by atoms with Crippen molar-refractivity contribution in [3.05, 3.63) is 11.6 Å². The minimum atomic E-state index is -5.08. The third-order valence-electron chi connectivity index (χ3n) is 1.70. The number of carboxylic acid groups (broad SMARTS) is 2. The molecular formula is C12H20F6N4O4. The second kappa shape index (κ2) is 13.7. The van der Waals surface area contributed by atoms with Gasteiger partial charge in [-0.2, -0.15) is 26.3 Å². The average Bonchev–Trinajstić information content (AvgIpc) is 2.44. The van der Waals surface area contributed by atoms with E-state index in [-0.39, 0.29) is 0 Å². The van der Waals surface area contributed by atoms with Crippen LogP contribution in [0.1, 0.15) is 13.8 Å². The molecule has 0 rings (SSSR count). The molecular weight excluding hydrogens is 378 g/mol. The number of carboxylic acids is 2. The molecule has 0 bridgehead atoms. The first-order chi connectivity index (χ1) is 11.6. The molecule has 0 fully saturated rings. The van der Waals surface area contributed by atoms with Crippen LogP contribution in [0.5, 0.6) is 0 Å². The largest absolute Gasteiger partial charge is 0.490 e. The number of nitrogens with zero attached hydrogens (tertiary/aromatic N) is 1. The van der Waals surface area contributed by atoms with Gasteiger partial charge in [0.2, 0.25) is 0 Å². The van der Waals surface area contributed by atoms with E-state index in [9.17, 15) is 26.3 Å². The van der Waals surface area contributed by atoms with Crippen LogP contribution in [0.3, 0.4) is 0 Å². The van der Waals surface area contributed by atoms with Gasteiger partial charge in [-0.15, -0.1) is 0 Å². The van der Waals surface area contributed by atoms with E-state index in [1.54, 1.807) is 0 Å². The highest BCUT2D eigenvalue weighted by atomic mass is 19.4. The zero-order chi connectivity index (χ0) is 21.6. The summed E-state index contributed by atoms with van der Waals surface area (Å²) in [6, 6.07) is 0. The lowest BCUT2D eigenvalue weighted by atomic mass is 10.3. The van der Waals surface area contributed by atoms with Gasteiger partial charge in [-0.05, 0) is 13.8 Å². The molecule has 0 aliphatic heterocycles. The Hall–Kier alpha value is -2.51. The van der Waals surface area contributed by atoms with Gasteiger partial charge in [0.15, 0.2) is 5.96 Å². The summed E-state index contributed by atoms with van der Waals surface area (Å²) in [5, 5.41) is 17.1. The second-order valence-corrected chi connectivity index (χ2v) is 4.33. The van der Waals surface area contributed by atoms with E-state index in [4.69, 9.17) is 31.3 Å². The fraction of sp³-hybridized carbons (Fsp3) is 0.583. The van der Waals surface area contributed by atoms with Gasteiger partial charge in [-0.3, -0.25) is 0 Å². The number of aliphatic carboxylic acids is 2. The lowest BCUT2D eigenvalue weighted by Gasteiger charge is -2.01. The molecule has 154 valence electrons. The number of hydrogen-bond acceptors (Lipinski definition) is 4. The van der Waals surface area contributed by atoms with Gasteiger partial charge in [-0.1, -0.05) is 11.6 Å². The smallest absolute Gasteiger partial charge is 0.475 e. The molecule has 0 aliphatic carbocycles. The van der Waals surface area contributed by atoms with Crippen molar-refractivity contribution in [2.45, 2.75) is 26.2 Å². The summed E-state index contributed by atoms with van der Waals surface area (Å²) < 4.78 is 63.5. The van der Waals surface area contributed by atoms with E-state index < -0.39 is 24.3 Å². The highest BCUT2D eigenvalue weighted by Gasteiger charge is 2.38. The predicted molar refractivity (Wildman–Crippen MR) is 80.4 cm³/mol. The van der Waals surface area contributed by atoms with Crippen molar-refractivity contribution in [3.8, 4) is 0 Å². The summed E-state index contributed by atoms with van der Waals surface area (Å²) in [5.41, 5.74) is 12.0. The first-order valence-corrected chi connectivity index (χ1v) is 6.53. The summed E-state index contributed by atoms with van der Waals surface area (Å²) in [6.45, 7) is 5.92. The minimum Gasteiger partial charge on any atom is -0.475 e. The monoisotopic (exact) mass is 398 g/mol. The van der Waals surface area contributed by atoms with Crippen molar-refractivity contribution in [1.29, 1.82) is 0 Å². The highest BCUT2D eigenvalue weighted by molar-refractivity contribution is 5.77. The molecule has 14 heteroatoms.